The lowest BCUT2D eigenvalue weighted by molar-refractivity contribution is 0.793. The number of hydrogen-bond acceptors (Lipinski definition) is 2. The molecule has 4 aliphatic rings. The highest BCUT2D eigenvalue weighted by Gasteiger charge is 2.53. The van der Waals surface area contributed by atoms with Crippen LogP contribution in [-0.2, 0) is 10.8 Å². The normalized spacial score (nSPS) is 13.3. The van der Waals surface area contributed by atoms with Crippen molar-refractivity contribution in [3.63, 3.8) is 0 Å². The molecule has 4 aliphatic carbocycles. The quantitative estimate of drug-likeness (QED) is 0.172. The van der Waals surface area contributed by atoms with Crippen LogP contribution in [0.3, 0.4) is 0 Å². The van der Waals surface area contributed by atoms with E-state index >= 15 is 0 Å². The molecule has 2 nitrogen and oxygen atoms in total. The summed E-state index contributed by atoms with van der Waals surface area (Å²) in [4.78, 5) is 0. The minimum absolute atomic E-state index is 0.219. The Balaban J connectivity index is 0.000000119. The molecule has 0 saturated carbocycles. The molecule has 3 heteroatoms. The van der Waals surface area contributed by atoms with Crippen LogP contribution in [0, 0.1) is 0 Å². The second kappa shape index (κ2) is 18.8. The number of nitrogens with one attached hydrogen (secondary N) is 1. The topological polar surface area (TPSA) is 38.0 Å². The molecule has 0 aromatic heterocycles. The van der Waals surface area contributed by atoms with Crippen molar-refractivity contribution in [3.05, 3.63) is 340 Å². The molecule has 0 unspecified atom stereocenters. The Kier molecular flexibility index (Phi) is 11.3. The smallest absolute Gasteiger partial charge is 0.0726 e. The van der Waals surface area contributed by atoms with Crippen molar-refractivity contribution < 1.29 is 0 Å². The van der Waals surface area contributed by atoms with Gasteiger partial charge >= 0.3 is 0 Å². The van der Waals surface area contributed by atoms with Crippen LogP contribution < -0.4 is 11.1 Å². The Morgan fingerprint density at radius 2 is 0.571 bits per heavy atom. The molecule has 0 atom stereocenters. The fourth-order valence-electron chi connectivity index (χ4n) is 13.2. The van der Waals surface area contributed by atoms with Gasteiger partial charge in [-0.1, -0.05) is 271 Å². The number of para-hydroxylation sites is 2. The largest absolute Gasteiger partial charge is 0.398 e. The summed E-state index contributed by atoms with van der Waals surface area (Å²) in [5, 5.41) is 3.78. The van der Waals surface area contributed by atoms with Crippen molar-refractivity contribution in [1.82, 2.24) is 0 Å². The van der Waals surface area contributed by atoms with Gasteiger partial charge in [-0.2, -0.15) is 0 Å². The minimum Gasteiger partial charge on any atom is -0.398 e. The van der Waals surface area contributed by atoms with E-state index in [1.165, 1.54) is 106 Å². The van der Waals surface area contributed by atoms with E-state index in [0.717, 1.165) is 27.1 Å². The third-order valence-electron chi connectivity index (χ3n) is 16.3. The van der Waals surface area contributed by atoms with Gasteiger partial charge in [0.15, 0.2) is 0 Å². The number of benzene rings is 12. The first-order chi connectivity index (χ1) is 38.0. The van der Waals surface area contributed by atoms with Gasteiger partial charge in [-0.15, -0.1) is 0 Å². The maximum absolute atomic E-state index is 5.85. The van der Waals surface area contributed by atoms with E-state index in [1.807, 2.05) is 42.5 Å². The fourth-order valence-corrected chi connectivity index (χ4v) is 13.6. The first kappa shape index (κ1) is 46.3. The Morgan fingerprint density at radius 1 is 0.260 bits per heavy atom. The van der Waals surface area contributed by atoms with Crippen molar-refractivity contribution in [2.75, 3.05) is 11.1 Å². The van der Waals surface area contributed by atoms with Crippen LogP contribution >= 0.6 is 15.9 Å². The number of nitrogen functional groups attached to an aromatic ring is 1. The lowest BCUT2D eigenvalue weighted by atomic mass is 9.70. The molecule has 3 N–H and O–H groups in total. The molecule has 0 fully saturated rings. The van der Waals surface area contributed by atoms with Crippen molar-refractivity contribution in [2.45, 2.75) is 10.8 Å². The molecule has 0 bridgehead atoms. The van der Waals surface area contributed by atoms with Gasteiger partial charge in [0, 0.05) is 32.7 Å². The maximum Gasteiger partial charge on any atom is 0.0726 e. The van der Waals surface area contributed by atoms with Crippen LogP contribution in [0.25, 0.3) is 66.8 Å². The molecule has 0 aliphatic heterocycles. The van der Waals surface area contributed by atoms with Gasteiger partial charge < -0.3 is 11.1 Å². The molecule has 77 heavy (non-hydrogen) atoms. The van der Waals surface area contributed by atoms with Crippen LogP contribution in [0.4, 0.5) is 17.1 Å². The standard InChI is InChI=1S/C37H25N.C25H15Br.C12H11N/c1-2-12-25(13-3-1)27-14-7-11-21-36(27)38-26-22-23-31-30-17-6-10-20-34(30)37(35(31)24-26)32-18-8-4-15-28(32)29-16-5-9-19-33(29)37;26-16-13-14-20-19-9-3-6-12-23(19)25(24(20)15-16)21-10-4-1-7-17(21)18-8-2-5-11-22(18)25;13-12-9-5-4-8-11(12)10-6-2-1-3-7-10/h1-24,38H;1-15H;1-9H,13H2. The highest BCUT2D eigenvalue weighted by Crippen LogP contribution is 2.64. The zero-order chi connectivity index (χ0) is 51.5. The summed E-state index contributed by atoms with van der Waals surface area (Å²) < 4.78 is 1.13. The van der Waals surface area contributed by atoms with Gasteiger partial charge in [0.05, 0.1) is 10.8 Å². The third kappa shape index (κ3) is 7.22. The van der Waals surface area contributed by atoms with E-state index in [-0.39, 0.29) is 10.8 Å². The third-order valence-corrected chi connectivity index (χ3v) is 16.8. The SMILES string of the molecule is Brc1ccc2c(c1)C1(c3ccccc3-c3ccccc31)c1ccccc1-2.Nc1ccccc1-c1ccccc1.c1ccc(-c2ccccc2Nc2ccc3c(c2)C2(c4ccccc4-c4ccccc42)c2ccccc2-3)cc1. The van der Waals surface area contributed by atoms with Crippen LogP contribution in [0.1, 0.15) is 44.5 Å². The molecule has 0 amide bonds. The first-order valence-electron chi connectivity index (χ1n) is 26.4. The Bertz CT molecular complexity index is 4110. The number of halogens is 1. The predicted octanol–water partition coefficient (Wildman–Crippen LogP) is 19.2. The Morgan fingerprint density at radius 3 is 1.00 bits per heavy atom. The summed E-state index contributed by atoms with van der Waals surface area (Å²) >= 11 is 3.72. The van der Waals surface area contributed by atoms with Gasteiger partial charge in [-0.05, 0) is 137 Å². The van der Waals surface area contributed by atoms with E-state index in [4.69, 9.17) is 5.73 Å². The van der Waals surface area contributed by atoms with Crippen LogP contribution in [0.5, 0.6) is 0 Å². The van der Waals surface area contributed by atoms with Gasteiger partial charge in [0.25, 0.3) is 0 Å². The molecule has 364 valence electrons. The highest BCUT2D eigenvalue weighted by atomic mass is 79.9. The van der Waals surface area contributed by atoms with Gasteiger partial charge in [0.2, 0.25) is 0 Å². The molecule has 12 aromatic rings. The van der Waals surface area contributed by atoms with E-state index in [9.17, 15) is 0 Å². The van der Waals surface area contributed by atoms with E-state index < -0.39 is 0 Å². The van der Waals surface area contributed by atoms with Gasteiger partial charge in [-0.3, -0.25) is 0 Å². The molecular weight excluding hydrogens is 997 g/mol. The molecule has 16 rings (SSSR count). The average molecular weight is 1050 g/mol. The summed E-state index contributed by atoms with van der Waals surface area (Å²) in [6.07, 6.45) is 0. The summed E-state index contributed by atoms with van der Waals surface area (Å²) in [7, 11) is 0. The van der Waals surface area contributed by atoms with Crippen molar-refractivity contribution in [1.29, 1.82) is 0 Å². The van der Waals surface area contributed by atoms with E-state index in [2.05, 4.69) is 270 Å². The Labute approximate surface area is 459 Å². The molecule has 12 aromatic carbocycles. The number of hydrogen-bond donors (Lipinski definition) is 2. The monoisotopic (exact) mass is 1050 g/mol. The van der Waals surface area contributed by atoms with E-state index in [1.54, 1.807) is 0 Å². The summed E-state index contributed by atoms with van der Waals surface area (Å²) in [6.45, 7) is 0. The maximum atomic E-state index is 5.85. The number of anilines is 3. The second-order valence-corrected chi connectivity index (χ2v) is 21.1. The summed E-state index contributed by atoms with van der Waals surface area (Å²) in [6, 6.07) is 104. The minimum atomic E-state index is -0.324. The van der Waals surface area contributed by atoms with Crippen molar-refractivity contribution in [2.24, 2.45) is 0 Å². The zero-order valence-corrected chi connectivity index (χ0v) is 43.8. The lowest BCUT2D eigenvalue weighted by Gasteiger charge is -2.30. The molecule has 0 radical (unpaired) electrons. The molecule has 2 spiro atoms. The number of rotatable bonds is 4. The van der Waals surface area contributed by atoms with Gasteiger partial charge in [-0.25, -0.2) is 0 Å². The van der Waals surface area contributed by atoms with Crippen molar-refractivity contribution >= 4 is 33.0 Å². The van der Waals surface area contributed by atoms with Crippen molar-refractivity contribution in [3.8, 4) is 66.8 Å². The van der Waals surface area contributed by atoms with E-state index in [0.29, 0.717) is 0 Å². The lowest BCUT2D eigenvalue weighted by Crippen LogP contribution is -2.25. The highest BCUT2D eigenvalue weighted by molar-refractivity contribution is 9.10. The van der Waals surface area contributed by atoms with Crippen LogP contribution in [-0.4, -0.2) is 0 Å². The van der Waals surface area contributed by atoms with Crippen LogP contribution in [0.2, 0.25) is 0 Å². The fraction of sp³-hybridized carbons (Fsp3) is 0.0270. The number of fused-ring (bicyclic) bond motifs is 20. The first-order valence-corrected chi connectivity index (χ1v) is 27.2. The Hall–Kier alpha value is -9.28. The molecule has 0 saturated heterocycles. The summed E-state index contributed by atoms with van der Waals surface area (Å²) in [5.74, 6) is 0. The zero-order valence-electron chi connectivity index (χ0n) is 42.2. The van der Waals surface area contributed by atoms with Gasteiger partial charge in [0.1, 0.15) is 0 Å². The second-order valence-electron chi connectivity index (χ2n) is 20.2. The van der Waals surface area contributed by atoms with Crippen LogP contribution in [0.15, 0.2) is 296 Å². The molecular formula is C74H51BrN2. The summed E-state index contributed by atoms with van der Waals surface area (Å²) in [5.41, 5.74) is 34.7. The average Bonchev–Trinajstić information content (AvgIpc) is 4.34. The predicted molar refractivity (Wildman–Crippen MR) is 325 cm³/mol. The number of nitrogens with two attached hydrogens (primary N) is 1. The molecule has 0 heterocycles.